The summed E-state index contributed by atoms with van der Waals surface area (Å²) in [4.78, 5) is 2.25. The maximum Gasteiger partial charge on any atom is 0.179 e. The van der Waals surface area contributed by atoms with Crippen molar-refractivity contribution >= 4 is 15.9 Å². The van der Waals surface area contributed by atoms with Crippen LogP contribution in [0.1, 0.15) is 18.0 Å². The summed E-state index contributed by atoms with van der Waals surface area (Å²) < 4.78 is 14.1. The van der Waals surface area contributed by atoms with Crippen LogP contribution in [0.5, 0.6) is 5.75 Å². The molecule has 1 aliphatic rings. The van der Waals surface area contributed by atoms with Gasteiger partial charge in [0.1, 0.15) is 0 Å². The zero-order valence-corrected chi connectivity index (χ0v) is 12.3. The Labute approximate surface area is 121 Å². The van der Waals surface area contributed by atoms with E-state index in [1.807, 2.05) is 6.08 Å². The molecular weight excluding hydrogens is 311 g/mol. The van der Waals surface area contributed by atoms with Crippen LogP contribution in [0.3, 0.4) is 0 Å². The Bertz CT molecular complexity index is 461. The van der Waals surface area contributed by atoms with Crippen molar-refractivity contribution in [3.8, 4) is 5.75 Å². The lowest BCUT2D eigenvalue weighted by molar-refractivity contribution is 0.171. The van der Waals surface area contributed by atoms with Gasteiger partial charge < -0.3 is 10.4 Å². The van der Waals surface area contributed by atoms with E-state index in [9.17, 15) is 9.50 Å². The number of phenols is 1. The van der Waals surface area contributed by atoms with Gasteiger partial charge in [-0.05, 0) is 28.4 Å². The van der Waals surface area contributed by atoms with Crippen LogP contribution in [0.2, 0.25) is 0 Å². The van der Waals surface area contributed by atoms with Crippen LogP contribution in [0, 0.1) is 5.82 Å². The van der Waals surface area contributed by atoms with Gasteiger partial charge in [0, 0.05) is 37.8 Å². The van der Waals surface area contributed by atoms with Gasteiger partial charge >= 0.3 is 0 Å². The van der Waals surface area contributed by atoms with Crippen molar-refractivity contribution in [1.29, 1.82) is 0 Å². The molecule has 1 aromatic carbocycles. The third-order valence-electron chi connectivity index (χ3n) is 3.44. The molecule has 2 N–H and O–H groups in total. The second-order valence-corrected chi connectivity index (χ2v) is 5.48. The van der Waals surface area contributed by atoms with Crippen molar-refractivity contribution in [1.82, 2.24) is 10.2 Å². The van der Waals surface area contributed by atoms with Crippen molar-refractivity contribution in [2.75, 3.05) is 26.2 Å². The van der Waals surface area contributed by atoms with E-state index < -0.39 is 5.82 Å². The Hall–Kier alpha value is -0.910. The monoisotopic (exact) mass is 328 g/mol. The first-order valence-electron chi connectivity index (χ1n) is 6.37. The van der Waals surface area contributed by atoms with E-state index in [4.69, 9.17) is 0 Å². The van der Waals surface area contributed by atoms with Crippen LogP contribution in [0.25, 0.3) is 0 Å². The van der Waals surface area contributed by atoms with E-state index in [2.05, 4.69) is 32.7 Å². The van der Waals surface area contributed by atoms with Crippen molar-refractivity contribution in [3.05, 3.63) is 40.6 Å². The Balaban J connectivity index is 2.32. The molecule has 0 unspecified atom stereocenters. The lowest BCUT2D eigenvalue weighted by Gasteiger charge is -2.35. The Morgan fingerprint density at radius 1 is 1.47 bits per heavy atom. The summed E-state index contributed by atoms with van der Waals surface area (Å²) in [6.45, 7) is 7.35. The van der Waals surface area contributed by atoms with Crippen LogP contribution < -0.4 is 5.32 Å². The number of nitrogens with one attached hydrogen (secondary N) is 1. The summed E-state index contributed by atoms with van der Waals surface area (Å²) in [6, 6.07) is 3.39. The number of hydrogen-bond donors (Lipinski definition) is 2. The predicted molar refractivity (Wildman–Crippen MR) is 77.8 cm³/mol. The molecule has 19 heavy (non-hydrogen) atoms. The fraction of sp³-hybridized carbons (Fsp3) is 0.429. The minimum Gasteiger partial charge on any atom is -0.505 e. The second-order valence-electron chi connectivity index (χ2n) is 4.63. The first kappa shape index (κ1) is 14.5. The summed E-state index contributed by atoms with van der Waals surface area (Å²) >= 11 is 3.09. The largest absolute Gasteiger partial charge is 0.505 e. The van der Waals surface area contributed by atoms with Crippen LogP contribution in [0.15, 0.2) is 29.3 Å². The molecule has 1 aliphatic heterocycles. The number of benzene rings is 1. The molecule has 3 nitrogen and oxygen atoms in total. The van der Waals surface area contributed by atoms with Crippen LogP contribution in [0.4, 0.5) is 4.39 Å². The molecule has 1 aromatic rings. The zero-order valence-electron chi connectivity index (χ0n) is 10.7. The highest BCUT2D eigenvalue weighted by molar-refractivity contribution is 9.10. The van der Waals surface area contributed by atoms with Crippen molar-refractivity contribution in [2.45, 2.75) is 12.5 Å². The summed E-state index contributed by atoms with van der Waals surface area (Å²) in [5.41, 5.74) is 0.627. The number of hydrogen-bond acceptors (Lipinski definition) is 3. The lowest BCUT2D eigenvalue weighted by Crippen LogP contribution is -2.45. The van der Waals surface area contributed by atoms with Gasteiger partial charge in [0.15, 0.2) is 11.6 Å². The SMILES string of the molecule is C=CC[C@@H](c1ccc(Br)c(F)c1O)N1CCNCC1. The standard InChI is InChI=1S/C14H18BrFN2O/c1-2-3-12(18-8-6-17-7-9-18)10-4-5-11(15)13(16)14(10)19/h2,4-5,12,17,19H,1,3,6-9H2/t12-/m0/s1. The van der Waals surface area contributed by atoms with Crippen LogP contribution in [-0.2, 0) is 0 Å². The first-order valence-corrected chi connectivity index (χ1v) is 7.17. The van der Waals surface area contributed by atoms with E-state index in [-0.39, 0.29) is 16.3 Å². The second kappa shape index (κ2) is 6.50. The maximum atomic E-state index is 13.8. The fourth-order valence-electron chi connectivity index (χ4n) is 2.45. The van der Waals surface area contributed by atoms with Gasteiger partial charge in [0.2, 0.25) is 0 Å². The minimum absolute atomic E-state index is 0.0257. The van der Waals surface area contributed by atoms with E-state index in [0.717, 1.165) is 26.2 Å². The maximum absolute atomic E-state index is 13.8. The molecule has 0 spiro atoms. The van der Waals surface area contributed by atoms with Gasteiger partial charge in [-0.3, -0.25) is 4.90 Å². The number of phenolic OH excluding ortho intramolecular Hbond substituents is 1. The highest BCUT2D eigenvalue weighted by atomic mass is 79.9. The molecule has 5 heteroatoms. The first-order chi connectivity index (χ1) is 9.15. The molecule has 0 aliphatic carbocycles. The fourth-order valence-corrected chi connectivity index (χ4v) is 2.77. The molecule has 2 rings (SSSR count). The smallest absolute Gasteiger partial charge is 0.179 e. The van der Waals surface area contributed by atoms with Gasteiger partial charge in [0.25, 0.3) is 0 Å². The van der Waals surface area contributed by atoms with E-state index in [0.29, 0.717) is 12.0 Å². The molecule has 0 bridgehead atoms. The topological polar surface area (TPSA) is 35.5 Å². The number of rotatable bonds is 4. The molecule has 1 heterocycles. The molecule has 1 atom stereocenters. The van der Waals surface area contributed by atoms with E-state index in [1.165, 1.54) is 0 Å². The molecule has 1 saturated heterocycles. The Morgan fingerprint density at radius 2 is 2.16 bits per heavy atom. The van der Waals surface area contributed by atoms with Crippen LogP contribution in [-0.4, -0.2) is 36.2 Å². The molecule has 0 aromatic heterocycles. The third kappa shape index (κ3) is 3.16. The quantitative estimate of drug-likeness (QED) is 0.834. The number of piperazine rings is 1. The lowest BCUT2D eigenvalue weighted by atomic mass is 10.00. The molecular formula is C14H18BrFN2O. The minimum atomic E-state index is -0.596. The molecule has 0 amide bonds. The van der Waals surface area contributed by atoms with Gasteiger partial charge in [-0.2, -0.15) is 0 Å². The van der Waals surface area contributed by atoms with Gasteiger partial charge in [0.05, 0.1) is 4.47 Å². The van der Waals surface area contributed by atoms with Gasteiger partial charge in [-0.25, -0.2) is 4.39 Å². The summed E-state index contributed by atoms with van der Waals surface area (Å²) in [6.07, 6.45) is 2.50. The Kier molecular flexibility index (Phi) is 4.96. The molecule has 104 valence electrons. The van der Waals surface area contributed by atoms with E-state index in [1.54, 1.807) is 12.1 Å². The van der Waals surface area contributed by atoms with Crippen molar-refractivity contribution in [2.24, 2.45) is 0 Å². The molecule has 0 saturated carbocycles. The zero-order chi connectivity index (χ0) is 13.8. The van der Waals surface area contributed by atoms with Crippen molar-refractivity contribution < 1.29 is 9.50 Å². The van der Waals surface area contributed by atoms with Gasteiger partial charge in [-0.1, -0.05) is 12.1 Å². The highest BCUT2D eigenvalue weighted by Crippen LogP contribution is 2.36. The number of nitrogens with zero attached hydrogens (tertiary/aromatic N) is 1. The van der Waals surface area contributed by atoms with Gasteiger partial charge in [-0.15, -0.1) is 6.58 Å². The average Bonchev–Trinajstić information content (AvgIpc) is 2.44. The predicted octanol–water partition coefficient (Wildman–Crippen LogP) is 2.82. The summed E-state index contributed by atoms with van der Waals surface area (Å²) in [5.74, 6) is -0.860. The number of halogens is 2. The Morgan fingerprint density at radius 3 is 2.79 bits per heavy atom. The average molecular weight is 329 g/mol. The summed E-state index contributed by atoms with van der Waals surface area (Å²) in [5, 5.41) is 13.3. The third-order valence-corrected chi connectivity index (χ3v) is 4.05. The van der Waals surface area contributed by atoms with E-state index >= 15 is 0 Å². The normalized spacial score (nSPS) is 18.2. The van der Waals surface area contributed by atoms with Crippen LogP contribution >= 0.6 is 15.9 Å². The van der Waals surface area contributed by atoms with Crippen molar-refractivity contribution in [3.63, 3.8) is 0 Å². The summed E-state index contributed by atoms with van der Waals surface area (Å²) in [7, 11) is 0. The number of aromatic hydroxyl groups is 1. The highest BCUT2D eigenvalue weighted by Gasteiger charge is 2.25. The molecule has 1 fully saturated rings. The molecule has 0 radical (unpaired) electrons.